The molecule has 7 nitrogen and oxygen atoms in total. The molecule has 0 saturated heterocycles. The van der Waals surface area contributed by atoms with Gasteiger partial charge >= 0.3 is 5.97 Å². The smallest absolute Gasteiger partial charge is 0.341 e. The fraction of sp³-hybridized carbons (Fsp3) is 0.333. The van der Waals surface area contributed by atoms with Crippen LogP contribution in [-0.4, -0.2) is 46.7 Å². The van der Waals surface area contributed by atoms with E-state index in [1.54, 1.807) is 7.11 Å². The van der Waals surface area contributed by atoms with Gasteiger partial charge in [0, 0.05) is 12.7 Å². The van der Waals surface area contributed by atoms with E-state index >= 15 is 0 Å². The van der Waals surface area contributed by atoms with Gasteiger partial charge < -0.3 is 23.8 Å². The highest BCUT2D eigenvalue weighted by atomic mass is 16.6. The molecule has 0 radical (unpaired) electrons. The number of esters is 1. The summed E-state index contributed by atoms with van der Waals surface area (Å²) >= 11 is 0. The summed E-state index contributed by atoms with van der Waals surface area (Å²) < 4.78 is 21.3. The third-order valence-corrected chi connectivity index (χ3v) is 4.65. The first-order valence-electron chi connectivity index (χ1n) is 9.69. The van der Waals surface area contributed by atoms with Crippen molar-refractivity contribution in [3.05, 3.63) is 70.5 Å². The topological polar surface area (TPSA) is 75.6 Å². The Kier molecular flexibility index (Phi) is 9.09. The second kappa shape index (κ2) is 11.8. The van der Waals surface area contributed by atoms with Gasteiger partial charge in [0.05, 0.1) is 27.1 Å². The van der Waals surface area contributed by atoms with Crippen molar-refractivity contribution < 1.29 is 28.6 Å². The molecular formula is C24H29NO6. The van der Waals surface area contributed by atoms with Gasteiger partial charge in [0.2, 0.25) is 0 Å². The Balaban J connectivity index is 2.32. The van der Waals surface area contributed by atoms with Crippen molar-refractivity contribution >= 4 is 17.3 Å². The molecule has 0 amide bonds. The fourth-order valence-electron chi connectivity index (χ4n) is 3.17. The molecule has 0 unspecified atom stereocenters. The Labute approximate surface area is 183 Å². The average Bonchev–Trinajstić information content (AvgIpc) is 2.77. The summed E-state index contributed by atoms with van der Waals surface area (Å²) in [6.07, 6.45) is 1.38. The molecule has 0 fully saturated rings. The van der Waals surface area contributed by atoms with Crippen LogP contribution in [0, 0.1) is 13.8 Å². The van der Waals surface area contributed by atoms with E-state index in [1.165, 1.54) is 27.6 Å². The van der Waals surface area contributed by atoms with Gasteiger partial charge in [0.25, 0.3) is 0 Å². The summed E-state index contributed by atoms with van der Waals surface area (Å²) in [5, 5.41) is 4.07. The lowest BCUT2D eigenvalue weighted by molar-refractivity contribution is -0.133. The highest BCUT2D eigenvalue weighted by Gasteiger charge is 2.18. The number of hydrogen-bond acceptors (Lipinski definition) is 7. The highest BCUT2D eigenvalue weighted by Crippen LogP contribution is 2.27. The number of oxime groups is 1. The minimum atomic E-state index is -0.478. The van der Waals surface area contributed by atoms with Gasteiger partial charge in [-0.3, -0.25) is 0 Å². The van der Waals surface area contributed by atoms with Crippen LogP contribution in [0.5, 0.6) is 5.75 Å². The zero-order valence-electron chi connectivity index (χ0n) is 18.9. The first-order chi connectivity index (χ1) is 15.0. The molecule has 166 valence electrons. The quantitative estimate of drug-likeness (QED) is 0.187. The number of nitrogens with zero attached hydrogens (tertiary/aromatic N) is 1. The first kappa shape index (κ1) is 24.0. The minimum absolute atomic E-state index is 0.269. The number of hydrogen-bond donors (Lipinski definition) is 0. The summed E-state index contributed by atoms with van der Waals surface area (Å²) in [6, 6.07) is 11.4. The summed E-state index contributed by atoms with van der Waals surface area (Å²) in [5.41, 5.74) is 5.41. The van der Waals surface area contributed by atoms with Gasteiger partial charge in [-0.25, -0.2) is 4.79 Å². The van der Waals surface area contributed by atoms with E-state index in [-0.39, 0.29) is 6.61 Å². The number of carbonyl (C=O) groups is 1. The van der Waals surface area contributed by atoms with Crippen LogP contribution in [0.4, 0.5) is 0 Å². The molecule has 0 aliphatic rings. The fourth-order valence-corrected chi connectivity index (χ4v) is 3.17. The zero-order valence-corrected chi connectivity index (χ0v) is 18.9. The summed E-state index contributed by atoms with van der Waals surface area (Å²) in [7, 11) is 5.94. The van der Waals surface area contributed by atoms with Crippen LogP contribution in [0.25, 0.3) is 5.57 Å². The summed E-state index contributed by atoms with van der Waals surface area (Å²) in [6.45, 7) is 4.55. The molecule has 0 heterocycles. The Morgan fingerprint density at radius 2 is 1.74 bits per heavy atom. The number of methoxy groups -OCH3 is 3. The lowest BCUT2D eigenvalue weighted by Gasteiger charge is -2.16. The molecule has 2 rings (SSSR count). The predicted molar refractivity (Wildman–Crippen MR) is 119 cm³/mol. The first-order valence-corrected chi connectivity index (χ1v) is 9.69. The Morgan fingerprint density at radius 1 is 1.00 bits per heavy atom. The predicted octanol–water partition coefficient (Wildman–Crippen LogP) is 4.04. The van der Waals surface area contributed by atoms with Crippen molar-refractivity contribution in [3.63, 3.8) is 0 Å². The van der Waals surface area contributed by atoms with E-state index < -0.39 is 5.97 Å². The molecule has 0 bridgehead atoms. The molecule has 0 aromatic heterocycles. The van der Waals surface area contributed by atoms with Crippen LogP contribution in [0.3, 0.4) is 0 Å². The molecular weight excluding hydrogens is 398 g/mol. The standard InChI is InChI=1S/C24H29NO6/c1-16-12-23(17(2)11-20(16)22(15-28-4)25-30-6)31-13-18-9-7-8-10-19(18)21(14-27-3)24(26)29-5/h7-12,14H,13,15H2,1-6H3/b21-14+,25-22+. The third-order valence-electron chi connectivity index (χ3n) is 4.65. The van der Waals surface area contributed by atoms with Gasteiger partial charge in [-0.2, -0.15) is 0 Å². The van der Waals surface area contributed by atoms with Gasteiger partial charge in [0.15, 0.2) is 0 Å². The number of rotatable bonds is 10. The number of aryl methyl sites for hydroxylation is 2. The Bertz CT molecular complexity index is 965. The van der Waals surface area contributed by atoms with Crippen LogP contribution < -0.4 is 4.74 Å². The second-order valence-corrected chi connectivity index (χ2v) is 6.79. The minimum Gasteiger partial charge on any atom is -0.503 e. The molecule has 0 aliphatic heterocycles. The lowest BCUT2D eigenvalue weighted by atomic mass is 10.00. The van der Waals surface area contributed by atoms with Crippen molar-refractivity contribution in [2.24, 2.45) is 5.16 Å². The van der Waals surface area contributed by atoms with E-state index in [0.717, 1.165) is 28.0 Å². The van der Waals surface area contributed by atoms with Crippen molar-refractivity contribution in [2.45, 2.75) is 20.5 Å². The van der Waals surface area contributed by atoms with Crippen LogP contribution >= 0.6 is 0 Å². The number of benzene rings is 2. The summed E-state index contributed by atoms with van der Waals surface area (Å²) in [5.74, 6) is 0.259. The van der Waals surface area contributed by atoms with E-state index in [9.17, 15) is 4.79 Å². The maximum atomic E-state index is 12.2. The number of ether oxygens (including phenoxy) is 4. The Morgan fingerprint density at radius 3 is 2.39 bits per heavy atom. The average molecular weight is 427 g/mol. The molecule has 0 spiro atoms. The van der Waals surface area contributed by atoms with E-state index in [2.05, 4.69) is 5.16 Å². The lowest BCUT2D eigenvalue weighted by Crippen LogP contribution is -2.12. The van der Waals surface area contributed by atoms with Gasteiger partial charge in [-0.15, -0.1) is 0 Å². The van der Waals surface area contributed by atoms with Crippen molar-refractivity contribution in [2.75, 3.05) is 35.0 Å². The van der Waals surface area contributed by atoms with Gasteiger partial charge in [0.1, 0.15) is 30.8 Å². The molecule has 31 heavy (non-hydrogen) atoms. The van der Waals surface area contributed by atoms with E-state index in [4.69, 9.17) is 23.8 Å². The van der Waals surface area contributed by atoms with Gasteiger partial charge in [-0.05, 0) is 48.2 Å². The molecule has 2 aromatic carbocycles. The molecule has 0 saturated carbocycles. The van der Waals surface area contributed by atoms with Crippen molar-refractivity contribution in [3.8, 4) is 5.75 Å². The molecule has 7 heteroatoms. The van der Waals surface area contributed by atoms with Crippen molar-refractivity contribution in [1.82, 2.24) is 0 Å². The third kappa shape index (κ3) is 6.08. The molecule has 0 N–H and O–H groups in total. The van der Waals surface area contributed by atoms with E-state index in [0.29, 0.717) is 23.5 Å². The molecule has 0 aliphatic carbocycles. The normalized spacial score (nSPS) is 11.8. The van der Waals surface area contributed by atoms with E-state index in [1.807, 2.05) is 50.2 Å². The van der Waals surface area contributed by atoms with Crippen LogP contribution in [0.15, 0.2) is 47.8 Å². The van der Waals surface area contributed by atoms with Crippen molar-refractivity contribution in [1.29, 1.82) is 0 Å². The monoisotopic (exact) mass is 427 g/mol. The maximum absolute atomic E-state index is 12.2. The summed E-state index contributed by atoms with van der Waals surface area (Å²) in [4.78, 5) is 17.1. The Hall–Kier alpha value is -3.32. The highest BCUT2D eigenvalue weighted by molar-refractivity contribution is 6.16. The largest absolute Gasteiger partial charge is 0.503 e. The van der Waals surface area contributed by atoms with Crippen LogP contribution in [0.2, 0.25) is 0 Å². The maximum Gasteiger partial charge on any atom is 0.341 e. The zero-order chi connectivity index (χ0) is 22.8. The number of carbonyl (C=O) groups excluding carboxylic acids is 1. The second-order valence-electron chi connectivity index (χ2n) is 6.79. The van der Waals surface area contributed by atoms with Gasteiger partial charge in [-0.1, -0.05) is 29.4 Å². The SMILES string of the molecule is CO/C=C(/C(=O)OC)c1ccccc1COc1cc(C)c(/C(COC)=N/OC)cc1C. The van der Waals surface area contributed by atoms with Crippen LogP contribution in [-0.2, 0) is 30.4 Å². The van der Waals surface area contributed by atoms with Crippen LogP contribution in [0.1, 0.15) is 27.8 Å². The molecule has 0 atom stereocenters. The molecule has 2 aromatic rings.